The van der Waals surface area contributed by atoms with Gasteiger partial charge in [0.1, 0.15) is 0 Å². The third-order valence-corrected chi connectivity index (χ3v) is 3.53. The molecule has 1 aromatic carbocycles. The minimum atomic E-state index is -2.80. The van der Waals surface area contributed by atoms with Crippen molar-refractivity contribution in [3.05, 3.63) is 33.9 Å². The van der Waals surface area contributed by atoms with E-state index in [9.17, 15) is 23.1 Å². The molecule has 0 amide bonds. The van der Waals surface area contributed by atoms with Gasteiger partial charge in [0.05, 0.1) is 4.92 Å². The number of rotatable bonds is 7. The van der Waals surface area contributed by atoms with E-state index in [-0.39, 0.29) is 17.4 Å². The van der Waals surface area contributed by atoms with Crippen LogP contribution in [0.5, 0.6) is 0 Å². The number of nitro groups is 1. The fourth-order valence-corrected chi connectivity index (χ4v) is 2.34. The Morgan fingerprint density at radius 1 is 1.45 bits per heavy atom. The van der Waals surface area contributed by atoms with Gasteiger partial charge in [-0.1, -0.05) is 0 Å². The van der Waals surface area contributed by atoms with Gasteiger partial charge in [0.2, 0.25) is 0 Å². The Bertz CT molecular complexity index is 511. The molecule has 1 N–H and O–H groups in total. The third kappa shape index (κ3) is 4.84. The van der Waals surface area contributed by atoms with Crippen LogP contribution in [0.2, 0.25) is 0 Å². The molecule has 1 aromatic rings. The first-order valence-electron chi connectivity index (χ1n) is 5.94. The molecule has 0 aliphatic rings. The van der Waals surface area contributed by atoms with E-state index in [2.05, 4.69) is 5.32 Å². The normalized spacial score (nSPS) is 14.1. The average molecular weight is 306 g/mol. The molecule has 5 nitrogen and oxygen atoms in total. The number of nitro benzene ring substituents is 1. The van der Waals surface area contributed by atoms with Crippen molar-refractivity contribution in [3.8, 4) is 0 Å². The number of anilines is 1. The number of hydrogen-bond acceptors (Lipinski definition) is 4. The fraction of sp³-hybridized carbons (Fsp3) is 0.500. The smallest absolute Gasteiger partial charge is 0.270 e. The molecule has 0 fully saturated rings. The van der Waals surface area contributed by atoms with Crippen molar-refractivity contribution in [1.82, 2.24) is 0 Å². The van der Waals surface area contributed by atoms with Gasteiger partial charge >= 0.3 is 0 Å². The summed E-state index contributed by atoms with van der Waals surface area (Å²) in [6, 6.07) is 3.17. The van der Waals surface area contributed by atoms with Gasteiger partial charge in [-0.25, -0.2) is 8.78 Å². The minimum Gasteiger partial charge on any atom is -0.382 e. The molecular formula is C12H16F2N2O3S. The summed E-state index contributed by atoms with van der Waals surface area (Å²) in [7, 11) is -0.946. The van der Waals surface area contributed by atoms with Crippen molar-refractivity contribution in [3.63, 3.8) is 0 Å². The van der Waals surface area contributed by atoms with Crippen LogP contribution in [0.1, 0.15) is 25.3 Å². The summed E-state index contributed by atoms with van der Waals surface area (Å²) in [5.74, 6) is 0.463. The second-order valence-corrected chi connectivity index (χ2v) is 6.00. The Kier molecular flexibility index (Phi) is 6.00. The Morgan fingerprint density at radius 2 is 2.10 bits per heavy atom. The highest BCUT2D eigenvalue weighted by atomic mass is 32.2. The zero-order chi connectivity index (χ0) is 15.3. The Hall–Kier alpha value is -1.57. The van der Waals surface area contributed by atoms with E-state index in [0.29, 0.717) is 12.2 Å². The SMILES string of the molecule is CC(CCS(C)=O)Nc1ccc([N+](=O)[O-])cc1C(F)F. The maximum absolute atomic E-state index is 12.9. The molecule has 2 atom stereocenters. The van der Waals surface area contributed by atoms with Gasteiger partial charge in [-0.2, -0.15) is 0 Å². The van der Waals surface area contributed by atoms with Crippen LogP contribution in [0, 0.1) is 10.1 Å². The lowest BCUT2D eigenvalue weighted by molar-refractivity contribution is -0.385. The van der Waals surface area contributed by atoms with E-state index in [1.807, 2.05) is 0 Å². The van der Waals surface area contributed by atoms with Crippen LogP contribution in [0.25, 0.3) is 0 Å². The third-order valence-electron chi connectivity index (χ3n) is 2.72. The van der Waals surface area contributed by atoms with Crippen molar-refractivity contribution in [2.75, 3.05) is 17.3 Å². The Morgan fingerprint density at radius 3 is 2.60 bits per heavy atom. The summed E-state index contributed by atoms with van der Waals surface area (Å²) in [6.45, 7) is 1.78. The van der Waals surface area contributed by atoms with E-state index in [1.54, 1.807) is 13.2 Å². The number of halogens is 2. The molecule has 0 spiro atoms. The number of nitrogens with one attached hydrogen (secondary N) is 1. The monoisotopic (exact) mass is 306 g/mol. The lowest BCUT2D eigenvalue weighted by Crippen LogP contribution is -2.19. The first-order chi connectivity index (χ1) is 9.31. The van der Waals surface area contributed by atoms with Crippen LogP contribution >= 0.6 is 0 Å². The predicted octanol–water partition coefficient (Wildman–Crippen LogP) is 3.10. The average Bonchev–Trinajstić information content (AvgIpc) is 2.36. The Balaban J connectivity index is 2.88. The molecule has 0 aliphatic heterocycles. The van der Waals surface area contributed by atoms with Crippen LogP contribution in [0.3, 0.4) is 0 Å². The maximum atomic E-state index is 12.9. The van der Waals surface area contributed by atoms with Crippen molar-refractivity contribution in [2.45, 2.75) is 25.8 Å². The molecule has 0 saturated carbocycles. The van der Waals surface area contributed by atoms with Crippen LogP contribution in [-0.2, 0) is 10.8 Å². The van der Waals surface area contributed by atoms with Crippen molar-refractivity contribution in [1.29, 1.82) is 0 Å². The highest BCUT2D eigenvalue weighted by Crippen LogP contribution is 2.31. The lowest BCUT2D eigenvalue weighted by Gasteiger charge is -2.17. The molecule has 0 saturated heterocycles. The number of nitrogens with zero attached hydrogens (tertiary/aromatic N) is 1. The van der Waals surface area contributed by atoms with E-state index in [0.717, 1.165) is 6.07 Å². The summed E-state index contributed by atoms with van der Waals surface area (Å²) in [4.78, 5) is 9.88. The van der Waals surface area contributed by atoms with Gasteiger partial charge in [0, 0.05) is 52.2 Å². The minimum absolute atomic E-state index is 0.155. The van der Waals surface area contributed by atoms with Gasteiger partial charge < -0.3 is 5.32 Å². The Labute approximate surface area is 118 Å². The fourth-order valence-electron chi connectivity index (χ4n) is 1.66. The van der Waals surface area contributed by atoms with E-state index in [1.165, 1.54) is 12.1 Å². The quantitative estimate of drug-likeness (QED) is 0.620. The second kappa shape index (κ2) is 7.28. The first kappa shape index (κ1) is 16.5. The van der Waals surface area contributed by atoms with Gasteiger partial charge in [-0.05, 0) is 19.4 Å². The molecule has 2 unspecified atom stereocenters. The van der Waals surface area contributed by atoms with Gasteiger partial charge in [0.25, 0.3) is 12.1 Å². The van der Waals surface area contributed by atoms with Crippen LogP contribution in [0.4, 0.5) is 20.2 Å². The van der Waals surface area contributed by atoms with Crippen molar-refractivity contribution in [2.24, 2.45) is 0 Å². The zero-order valence-electron chi connectivity index (χ0n) is 11.1. The van der Waals surface area contributed by atoms with Gasteiger partial charge in [-0.3, -0.25) is 14.3 Å². The first-order valence-corrected chi connectivity index (χ1v) is 7.67. The number of hydrogen-bond donors (Lipinski definition) is 1. The molecule has 8 heteroatoms. The molecular weight excluding hydrogens is 290 g/mol. The second-order valence-electron chi connectivity index (χ2n) is 4.44. The number of non-ortho nitro benzene ring substituents is 1. The number of alkyl halides is 2. The van der Waals surface area contributed by atoms with Gasteiger partial charge in [0.15, 0.2) is 0 Å². The molecule has 0 heterocycles. The molecule has 20 heavy (non-hydrogen) atoms. The van der Waals surface area contributed by atoms with E-state index in [4.69, 9.17) is 0 Å². The van der Waals surface area contributed by atoms with Crippen LogP contribution < -0.4 is 5.32 Å². The molecule has 0 aliphatic carbocycles. The van der Waals surface area contributed by atoms with Crippen molar-refractivity contribution < 1.29 is 17.9 Å². The van der Waals surface area contributed by atoms with Gasteiger partial charge in [-0.15, -0.1) is 0 Å². The zero-order valence-corrected chi connectivity index (χ0v) is 12.0. The molecule has 0 radical (unpaired) electrons. The summed E-state index contributed by atoms with van der Waals surface area (Å²) in [5, 5.41) is 13.5. The van der Waals surface area contributed by atoms with E-state index < -0.39 is 27.7 Å². The topological polar surface area (TPSA) is 72.2 Å². The summed E-state index contributed by atoms with van der Waals surface area (Å²) >= 11 is 0. The van der Waals surface area contributed by atoms with Crippen LogP contribution in [0.15, 0.2) is 18.2 Å². The lowest BCUT2D eigenvalue weighted by atomic mass is 10.1. The number of benzene rings is 1. The highest BCUT2D eigenvalue weighted by Gasteiger charge is 2.18. The summed E-state index contributed by atoms with van der Waals surface area (Å²) in [6.07, 6.45) is -0.670. The predicted molar refractivity (Wildman–Crippen MR) is 74.7 cm³/mol. The standard InChI is InChI=1S/C12H16F2N2O3S/c1-8(5-6-20(2)19)15-11-4-3-9(16(17)18)7-10(11)12(13)14/h3-4,7-8,12,15H,5-6H2,1-2H3. The molecule has 0 bridgehead atoms. The molecule has 0 aromatic heterocycles. The maximum Gasteiger partial charge on any atom is 0.270 e. The molecule has 112 valence electrons. The largest absolute Gasteiger partial charge is 0.382 e. The van der Waals surface area contributed by atoms with E-state index >= 15 is 0 Å². The highest BCUT2D eigenvalue weighted by molar-refractivity contribution is 7.84. The van der Waals surface area contributed by atoms with Crippen LogP contribution in [-0.4, -0.2) is 27.2 Å². The van der Waals surface area contributed by atoms with Crippen molar-refractivity contribution >= 4 is 22.2 Å². The summed E-state index contributed by atoms with van der Waals surface area (Å²) in [5.41, 5.74) is -0.600. The molecule has 1 rings (SSSR count). The summed E-state index contributed by atoms with van der Waals surface area (Å²) < 4.78 is 36.8.